The Balaban J connectivity index is 2.07. The predicted molar refractivity (Wildman–Crippen MR) is 94.7 cm³/mol. The molecular weight excluding hydrogens is 308 g/mol. The summed E-state index contributed by atoms with van der Waals surface area (Å²) in [5.41, 5.74) is 3.20. The molecule has 0 saturated carbocycles. The molecule has 0 spiro atoms. The maximum atomic E-state index is 12.6. The van der Waals surface area contributed by atoms with Gasteiger partial charge >= 0.3 is 0 Å². The van der Waals surface area contributed by atoms with Crippen LogP contribution in [0.15, 0.2) is 21.8 Å². The summed E-state index contributed by atoms with van der Waals surface area (Å²) >= 11 is 1.63. The van der Waals surface area contributed by atoms with Gasteiger partial charge in [0.1, 0.15) is 22.9 Å². The first-order chi connectivity index (χ1) is 11.2. The van der Waals surface area contributed by atoms with Gasteiger partial charge in [0, 0.05) is 31.1 Å². The minimum atomic E-state index is 0.110. The summed E-state index contributed by atoms with van der Waals surface area (Å²) in [5, 5.41) is 8.62. The maximum Gasteiger partial charge on any atom is 0.190 e. The van der Waals surface area contributed by atoms with Crippen LogP contribution in [0.4, 0.5) is 5.69 Å². The molecule has 0 radical (unpaired) electrons. The number of ketones is 1. The van der Waals surface area contributed by atoms with E-state index in [1.807, 2.05) is 23.9 Å². The van der Waals surface area contributed by atoms with Crippen molar-refractivity contribution in [3.8, 4) is 11.3 Å². The fourth-order valence-electron chi connectivity index (χ4n) is 3.01. The van der Waals surface area contributed by atoms with E-state index in [1.54, 1.807) is 16.0 Å². The van der Waals surface area contributed by atoms with Gasteiger partial charge in [-0.25, -0.2) is 4.99 Å². The molecule has 3 rings (SSSR count). The molecule has 5 nitrogen and oxygen atoms in total. The average Bonchev–Trinajstić information content (AvgIpc) is 3.15. The second kappa shape index (κ2) is 6.66. The lowest BCUT2D eigenvalue weighted by Gasteiger charge is -2.27. The third-order valence-corrected chi connectivity index (χ3v) is 4.68. The van der Waals surface area contributed by atoms with Crippen LogP contribution in [0.25, 0.3) is 11.3 Å². The average molecular weight is 330 g/mol. The number of nitrogens with zero attached hydrogens (tertiary/aromatic N) is 4. The van der Waals surface area contributed by atoms with Crippen molar-refractivity contribution in [3.63, 3.8) is 0 Å². The number of Topliss-reactive ketones (excluding diaryl/α,β-unsaturated/α-hetero) is 1. The van der Waals surface area contributed by atoms with Gasteiger partial charge in [-0.3, -0.25) is 9.48 Å². The predicted octanol–water partition coefficient (Wildman–Crippen LogP) is 3.89. The van der Waals surface area contributed by atoms with Gasteiger partial charge in [-0.2, -0.15) is 16.4 Å². The molecule has 0 saturated heterocycles. The molecule has 122 valence electrons. The fourth-order valence-corrected chi connectivity index (χ4v) is 3.65. The number of aryl methyl sites for hydroxylation is 1. The van der Waals surface area contributed by atoms with Crippen LogP contribution in [-0.2, 0) is 7.05 Å². The highest BCUT2D eigenvalue weighted by Crippen LogP contribution is 2.37. The van der Waals surface area contributed by atoms with E-state index in [0.717, 1.165) is 48.7 Å². The molecule has 0 atom stereocenters. The van der Waals surface area contributed by atoms with Gasteiger partial charge in [0.25, 0.3) is 0 Å². The summed E-state index contributed by atoms with van der Waals surface area (Å²) in [4.78, 5) is 19.7. The molecule has 0 bridgehead atoms. The smallest absolute Gasteiger partial charge is 0.190 e. The van der Waals surface area contributed by atoms with Gasteiger partial charge in [0.15, 0.2) is 5.78 Å². The van der Waals surface area contributed by atoms with Crippen molar-refractivity contribution < 1.29 is 4.79 Å². The molecule has 2 aromatic heterocycles. The van der Waals surface area contributed by atoms with Crippen molar-refractivity contribution in [3.05, 3.63) is 22.5 Å². The van der Waals surface area contributed by atoms with Crippen molar-refractivity contribution in [2.24, 2.45) is 12.0 Å². The first-order valence-corrected chi connectivity index (χ1v) is 9.05. The van der Waals surface area contributed by atoms with Gasteiger partial charge < -0.3 is 4.90 Å². The highest BCUT2D eigenvalue weighted by atomic mass is 32.1. The molecule has 1 aliphatic rings. The van der Waals surface area contributed by atoms with Gasteiger partial charge in [-0.15, -0.1) is 0 Å². The van der Waals surface area contributed by atoms with Gasteiger partial charge in [0.2, 0.25) is 0 Å². The quantitative estimate of drug-likeness (QED) is 0.836. The van der Waals surface area contributed by atoms with Crippen molar-refractivity contribution >= 4 is 28.6 Å². The molecule has 6 heteroatoms. The molecule has 0 aromatic carbocycles. The monoisotopic (exact) mass is 330 g/mol. The van der Waals surface area contributed by atoms with Crippen molar-refractivity contribution in [2.75, 3.05) is 13.1 Å². The van der Waals surface area contributed by atoms with Crippen molar-refractivity contribution in [1.29, 1.82) is 0 Å². The number of hydrogen-bond donors (Lipinski definition) is 0. The molecule has 0 fully saturated rings. The lowest BCUT2D eigenvalue weighted by Crippen LogP contribution is -2.35. The standard InChI is InChI=1S/C17H22N4OS/c1-4-7-21(8-5-2)14-10-13(22)17-16(18-14)15(19-20(17)3)12-6-9-23-11-12/h6,9,11H,4-5,7-8,10H2,1-3H3. The Morgan fingerprint density at radius 3 is 2.65 bits per heavy atom. The molecule has 0 aliphatic carbocycles. The summed E-state index contributed by atoms with van der Waals surface area (Å²) in [6.45, 7) is 6.17. The minimum Gasteiger partial charge on any atom is -0.360 e. The molecule has 0 N–H and O–H groups in total. The number of carbonyl (C=O) groups is 1. The molecule has 0 amide bonds. The molecule has 23 heavy (non-hydrogen) atoms. The number of hydrogen-bond acceptors (Lipinski definition) is 5. The van der Waals surface area contributed by atoms with E-state index in [9.17, 15) is 4.79 Å². The van der Waals surface area contributed by atoms with Crippen LogP contribution in [0.2, 0.25) is 0 Å². The Kier molecular flexibility index (Phi) is 4.61. The number of carbonyl (C=O) groups excluding carboxylic acids is 1. The zero-order valence-electron chi connectivity index (χ0n) is 13.9. The highest BCUT2D eigenvalue weighted by molar-refractivity contribution is 7.08. The summed E-state index contributed by atoms with van der Waals surface area (Å²) in [7, 11) is 1.82. The van der Waals surface area contributed by atoms with E-state index in [1.165, 1.54) is 0 Å². The largest absolute Gasteiger partial charge is 0.360 e. The fraction of sp³-hybridized carbons (Fsp3) is 0.471. The number of rotatable bonds is 5. The number of aromatic nitrogens is 2. The Bertz CT molecular complexity index is 724. The molecule has 2 aromatic rings. The second-order valence-corrected chi connectivity index (χ2v) is 6.58. The van der Waals surface area contributed by atoms with E-state index in [-0.39, 0.29) is 5.78 Å². The molecule has 3 heterocycles. The van der Waals surface area contributed by atoms with Crippen LogP contribution in [0.5, 0.6) is 0 Å². The first kappa shape index (κ1) is 15.9. The summed E-state index contributed by atoms with van der Waals surface area (Å²) in [5.74, 6) is 0.995. The van der Waals surface area contributed by atoms with E-state index >= 15 is 0 Å². The zero-order valence-corrected chi connectivity index (χ0v) is 14.7. The minimum absolute atomic E-state index is 0.110. The Hall–Kier alpha value is -1.95. The third-order valence-electron chi connectivity index (χ3n) is 3.99. The van der Waals surface area contributed by atoms with E-state index in [2.05, 4.69) is 23.8 Å². The van der Waals surface area contributed by atoms with Crippen LogP contribution in [0, 0.1) is 0 Å². The number of thiophene rings is 1. The van der Waals surface area contributed by atoms with Crippen molar-refractivity contribution in [2.45, 2.75) is 33.1 Å². The first-order valence-electron chi connectivity index (χ1n) is 8.11. The number of amidine groups is 1. The van der Waals surface area contributed by atoms with Crippen LogP contribution in [-0.4, -0.2) is 39.4 Å². The van der Waals surface area contributed by atoms with Crippen LogP contribution in [0.1, 0.15) is 43.6 Å². The van der Waals surface area contributed by atoms with Crippen molar-refractivity contribution in [1.82, 2.24) is 14.7 Å². The summed E-state index contributed by atoms with van der Waals surface area (Å²) in [6.07, 6.45) is 2.46. The SMILES string of the molecule is CCCN(CCC)C1=Nc2c(-c3ccsc3)nn(C)c2C(=O)C1. The topological polar surface area (TPSA) is 50.5 Å². The Morgan fingerprint density at radius 2 is 2.04 bits per heavy atom. The van der Waals surface area contributed by atoms with Crippen LogP contribution < -0.4 is 0 Å². The van der Waals surface area contributed by atoms with Gasteiger partial charge in [0.05, 0.1) is 6.42 Å². The lowest BCUT2D eigenvalue weighted by atomic mass is 10.1. The van der Waals surface area contributed by atoms with Crippen LogP contribution in [0.3, 0.4) is 0 Å². The van der Waals surface area contributed by atoms with E-state index in [4.69, 9.17) is 4.99 Å². The van der Waals surface area contributed by atoms with Gasteiger partial charge in [-0.1, -0.05) is 13.8 Å². The molecule has 0 unspecified atom stereocenters. The van der Waals surface area contributed by atoms with E-state index in [0.29, 0.717) is 12.1 Å². The molecular formula is C17H22N4OS. The van der Waals surface area contributed by atoms with Gasteiger partial charge in [-0.05, 0) is 24.3 Å². The summed E-state index contributed by atoms with van der Waals surface area (Å²) in [6, 6.07) is 2.03. The molecule has 1 aliphatic heterocycles. The number of aliphatic imine (C=N–C) groups is 1. The normalized spacial score (nSPS) is 13.9. The maximum absolute atomic E-state index is 12.6. The third kappa shape index (κ3) is 2.95. The Morgan fingerprint density at radius 1 is 1.30 bits per heavy atom. The Labute approximate surface area is 140 Å². The highest BCUT2D eigenvalue weighted by Gasteiger charge is 2.30. The van der Waals surface area contributed by atoms with Crippen LogP contribution >= 0.6 is 11.3 Å². The second-order valence-electron chi connectivity index (χ2n) is 5.80. The van der Waals surface area contributed by atoms with E-state index < -0.39 is 0 Å². The lowest BCUT2D eigenvalue weighted by molar-refractivity contribution is 0.0987. The summed E-state index contributed by atoms with van der Waals surface area (Å²) < 4.78 is 1.68. The number of fused-ring (bicyclic) bond motifs is 1. The zero-order chi connectivity index (χ0) is 16.4.